The highest BCUT2D eigenvalue weighted by Crippen LogP contribution is 2.36. The fraction of sp³-hybridized carbons (Fsp3) is 0.786. The maximum absolute atomic E-state index is 6.00. The molecule has 0 atom stereocenters. The number of nitrogens with zero attached hydrogens (tertiary/aromatic N) is 2. The first-order valence-electron chi connectivity index (χ1n) is 7.30. The second-order valence-corrected chi connectivity index (χ2v) is 6.23. The lowest BCUT2D eigenvalue weighted by Crippen LogP contribution is -2.41. The first-order chi connectivity index (χ1) is 9.86. The van der Waals surface area contributed by atoms with Crippen molar-refractivity contribution in [2.75, 3.05) is 26.9 Å². The van der Waals surface area contributed by atoms with Crippen LogP contribution in [-0.4, -0.2) is 55.0 Å². The highest BCUT2D eigenvalue weighted by atomic mass is 16.7. The minimum Gasteiger partial charge on any atom is -0.399 e. The van der Waals surface area contributed by atoms with Gasteiger partial charge in [0.15, 0.2) is 0 Å². The topological polar surface area (TPSA) is 54.7 Å². The van der Waals surface area contributed by atoms with Crippen molar-refractivity contribution in [1.82, 2.24) is 9.78 Å². The third-order valence-electron chi connectivity index (χ3n) is 4.08. The first-order valence-corrected chi connectivity index (χ1v) is 7.30. The Kier molecular flexibility index (Phi) is 5.09. The van der Waals surface area contributed by atoms with E-state index in [-0.39, 0.29) is 18.3 Å². The van der Waals surface area contributed by atoms with Crippen molar-refractivity contribution < 1.29 is 18.8 Å². The average molecular weight is 296 g/mol. The minimum atomic E-state index is -0.363. The van der Waals surface area contributed by atoms with Crippen LogP contribution in [-0.2, 0) is 25.3 Å². The van der Waals surface area contributed by atoms with E-state index in [4.69, 9.17) is 18.8 Å². The van der Waals surface area contributed by atoms with Gasteiger partial charge in [-0.25, -0.2) is 0 Å². The van der Waals surface area contributed by atoms with Gasteiger partial charge < -0.3 is 18.8 Å². The van der Waals surface area contributed by atoms with Crippen LogP contribution in [0.2, 0.25) is 0 Å². The lowest BCUT2D eigenvalue weighted by molar-refractivity contribution is 0.00578. The molecule has 1 aliphatic rings. The number of rotatable bonds is 7. The van der Waals surface area contributed by atoms with Crippen molar-refractivity contribution in [3.05, 3.63) is 12.4 Å². The van der Waals surface area contributed by atoms with Gasteiger partial charge in [-0.15, -0.1) is 0 Å². The van der Waals surface area contributed by atoms with E-state index in [1.165, 1.54) is 0 Å². The molecule has 1 saturated heterocycles. The Morgan fingerprint density at radius 3 is 2.43 bits per heavy atom. The van der Waals surface area contributed by atoms with E-state index in [1.807, 2.05) is 38.6 Å². The summed E-state index contributed by atoms with van der Waals surface area (Å²) in [5.74, 6) is 0. The zero-order valence-electron chi connectivity index (χ0n) is 13.6. The highest BCUT2D eigenvalue weighted by molar-refractivity contribution is 6.61. The van der Waals surface area contributed by atoms with Crippen LogP contribution < -0.4 is 5.46 Å². The van der Waals surface area contributed by atoms with Crippen molar-refractivity contribution in [3.63, 3.8) is 0 Å². The minimum absolute atomic E-state index is 0.330. The van der Waals surface area contributed by atoms with Crippen LogP contribution in [0, 0.1) is 0 Å². The van der Waals surface area contributed by atoms with Crippen LogP contribution in [0.3, 0.4) is 0 Å². The zero-order valence-corrected chi connectivity index (χ0v) is 13.6. The van der Waals surface area contributed by atoms with Gasteiger partial charge in [0, 0.05) is 25.0 Å². The Balaban J connectivity index is 1.86. The summed E-state index contributed by atoms with van der Waals surface area (Å²) in [5, 5.41) is 4.32. The summed E-state index contributed by atoms with van der Waals surface area (Å²) in [5.41, 5.74) is 0.275. The number of methoxy groups -OCH3 is 1. The molecule has 2 heterocycles. The van der Waals surface area contributed by atoms with E-state index in [1.54, 1.807) is 13.3 Å². The molecule has 0 aromatic carbocycles. The Labute approximate surface area is 126 Å². The fourth-order valence-electron chi connectivity index (χ4n) is 2.01. The van der Waals surface area contributed by atoms with Crippen LogP contribution in [0.4, 0.5) is 0 Å². The molecule has 0 bridgehead atoms. The molecule has 0 saturated carbocycles. The third kappa shape index (κ3) is 3.85. The summed E-state index contributed by atoms with van der Waals surface area (Å²) in [6.07, 6.45) is 3.74. The molecule has 1 aliphatic heterocycles. The van der Waals surface area contributed by atoms with E-state index < -0.39 is 0 Å². The SMILES string of the molecule is COCCOCCn1cc(B2OC(C)(C)C(C)(C)O2)cn1. The fourth-order valence-corrected chi connectivity index (χ4v) is 2.01. The molecule has 0 spiro atoms. The lowest BCUT2D eigenvalue weighted by Gasteiger charge is -2.32. The summed E-state index contributed by atoms with van der Waals surface area (Å²) in [6.45, 7) is 10.7. The van der Waals surface area contributed by atoms with Crippen LogP contribution in [0.15, 0.2) is 12.4 Å². The van der Waals surface area contributed by atoms with Gasteiger partial charge in [-0.3, -0.25) is 4.68 Å². The Morgan fingerprint density at radius 1 is 1.14 bits per heavy atom. The molecule has 0 N–H and O–H groups in total. The Bertz CT molecular complexity index is 446. The van der Waals surface area contributed by atoms with E-state index in [2.05, 4.69) is 5.10 Å². The summed E-state index contributed by atoms with van der Waals surface area (Å²) in [4.78, 5) is 0. The van der Waals surface area contributed by atoms with Gasteiger partial charge >= 0.3 is 7.12 Å². The van der Waals surface area contributed by atoms with Crippen molar-refractivity contribution in [2.24, 2.45) is 0 Å². The summed E-state index contributed by atoms with van der Waals surface area (Å²) in [7, 11) is 1.30. The van der Waals surface area contributed by atoms with Gasteiger partial charge in [0.2, 0.25) is 0 Å². The summed E-state index contributed by atoms with van der Waals surface area (Å²) >= 11 is 0. The van der Waals surface area contributed by atoms with Crippen molar-refractivity contribution in [2.45, 2.75) is 45.4 Å². The molecule has 0 amide bonds. The molecule has 7 heteroatoms. The van der Waals surface area contributed by atoms with Gasteiger partial charge in [-0.05, 0) is 27.7 Å². The lowest BCUT2D eigenvalue weighted by atomic mass is 9.82. The molecule has 1 aromatic rings. The van der Waals surface area contributed by atoms with Gasteiger partial charge in [0.05, 0.1) is 37.6 Å². The zero-order chi connectivity index (χ0) is 15.5. The molecular weight excluding hydrogens is 271 g/mol. The van der Waals surface area contributed by atoms with Crippen molar-refractivity contribution in [3.8, 4) is 0 Å². The maximum atomic E-state index is 6.00. The summed E-state index contributed by atoms with van der Waals surface area (Å²) < 4.78 is 24.2. The van der Waals surface area contributed by atoms with Crippen LogP contribution in [0.1, 0.15) is 27.7 Å². The molecule has 118 valence electrons. The molecular formula is C14H25BN2O4. The average Bonchev–Trinajstić information content (AvgIpc) is 2.93. The first kappa shape index (κ1) is 16.5. The normalized spacial score (nSPS) is 20.1. The predicted octanol–water partition coefficient (Wildman–Crippen LogP) is 0.845. The maximum Gasteiger partial charge on any atom is 0.498 e. The van der Waals surface area contributed by atoms with Crippen LogP contribution in [0.5, 0.6) is 0 Å². The molecule has 2 rings (SSSR count). The smallest absolute Gasteiger partial charge is 0.399 e. The molecule has 1 fully saturated rings. The molecule has 21 heavy (non-hydrogen) atoms. The van der Waals surface area contributed by atoms with E-state index in [0.29, 0.717) is 26.4 Å². The van der Waals surface area contributed by atoms with Gasteiger partial charge in [-0.2, -0.15) is 5.10 Å². The second kappa shape index (κ2) is 6.48. The quantitative estimate of drug-likeness (QED) is 0.551. The van der Waals surface area contributed by atoms with Crippen molar-refractivity contribution in [1.29, 1.82) is 0 Å². The number of aromatic nitrogens is 2. The van der Waals surface area contributed by atoms with Gasteiger partial charge in [0.25, 0.3) is 0 Å². The van der Waals surface area contributed by atoms with E-state index in [0.717, 1.165) is 5.46 Å². The van der Waals surface area contributed by atoms with Gasteiger partial charge in [0.1, 0.15) is 0 Å². The largest absolute Gasteiger partial charge is 0.498 e. The second-order valence-electron chi connectivity index (χ2n) is 6.23. The van der Waals surface area contributed by atoms with Crippen molar-refractivity contribution >= 4 is 12.6 Å². The number of hydrogen-bond donors (Lipinski definition) is 0. The number of hydrogen-bond acceptors (Lipinski definition) is 5. The monoisotopic (exact) mass is 296 g/mol. The van der Waals surface area contributed by atoms with Crippen LogP contribution in [0.25, 0.3) is 0 Å². The Hall–Kier alpha value is -0.885. The standard InChI is InChI=1S/C14H25BN2O4/c1-13(2)14(3,4)21-15(20-13)12-10-16-17(11-12)6-7-19-9-8-18-5/h10-11H,6-9H2,1-5H3. The molecule has 6 nitrogen and oxygen atoms in total. The summed E-state index contributed by atoms with van der Waals surface area (Å²) in [6, 6.07) is 0. The highest BCUT2D eigenvalue weighted by Gasteiger charge is 2.52. The molecule has 0 unspecified atom stereocenters. The van der Waals surface area contributed by atoms with E-state index >= 15 is 0 Å². The van der Waals surface area contributed by atoms with Crippen LogP contribution >= 0.6 is 0 Å². The Morgan fingerprint density at radius 2 is 1.81 bits per heavy atom. The molecule has 0 aliphatic carbocycles. The predicted molar refractivity (Wildman–Crippen MR) is 80.6 cm³/mol. The van der Waals surface area contributed by atoms with E-state index in [9.17, 15) is 0 Å². The molecule has 1 aromatic heterocycles. The third-order valence-corrected chi connectivity index (χ3v) is 4.08. The van der Waals surface area contributed by atoms with Gasteiger partial charge in [-0.1, -0.05) is 0 Å². The number of ether oxygens (including phenoxy) is 2. The molecule has 0 radical (unpaired) electrons.